The number of aryl methyl sites for hydroxylation is 1. The first-order valence-electron chi connectivity index (χ1n) is 5.62. The van der Waals surface area contributed by atoms with Crippen LogP contribution in [-0.2, 0) is 12.8 Å². The second-order valence-corrected chi connectivity index (χ2v) is 3.87. The molecule has 0 fully saturated rings. The maximum atomic E-state index is 11.0. The van der Waals surface area contributed by atoms with Crippen LogP contribution in [0.5, 0.6) is 11.5 Å². The van der Waals surface area contributed by atoms with E-state index in [-0.39, 0.29) is 0 Å². The maximum absolute atomic E-state index is 11.0. The third-order valence-corrected chi connectivity index (χ3v) is 2.95. The van der Waals surface area contributed by atoms with Gasteiger partial charge in [-0.15, -0.1) is 0 Å². The minimum absolute atomic E-state index is 0.538. The third kappa shape index (κ3) is 1.66. The zero-order valence-electron chi connectivity index (χ0n) is 9.71. The van der Waals surface area contributed by atoms with Gasteiger partial charge in [0, 0.05) is 5.56 Å². The Morgan fingerprint density at radius 1 is 1.38 bits per heavy atom. The first kappa shape index (κ1) is 11.0. The van der Waals surface area contributed by atoms with Gasteiger partial charge in [0.25, 0.3) is 0 Å². The molecule has 2 rings (SSSR count). The van der Waals surface area contributed by atoms with Crippen molar-refractivity contribution in [2.24, 2.45) is 0 Å². The number of ether oxygens (including phenoxy) is 2. The quantitative estimate of drug-likeness (QED) is 0.731. The zero-order chi connectivity index (χ0) is 11.5. The molecule has 0 aromatic heterocycles. The number of hydrogen-bond donors (Lipinski definition) is 0. The molecular formula is C13H16O3. The van der Waals surface area contributed by atoms with Crippen LogP contribution < -0.4 is 9.47 Å². The molecule has 0 aliphatic heterocycles. The molecule has 0 amide bonds. The van der Waals surface area contributed by atoms with Gasteiger partial charge in [0.2, 0.25) is 0 Å². The molecule has 0 unspecified atom stereocenters. The molecule has 1 aliphatic carbocycles. The van der Waals surface area contributed by atoms with Crippen LogP contribution in [0.15, 0.2) is 6.07 Å². The lowest BCUT2D eigenvalue weighted by atomic mass is 10.0. The molecule has 1 aromatic rings. The van der Waals surface area contributed by atoms with E-state index in [1.54, 1.807) is 7.11 Å². The van der Waals surface area contributed by atoms with Crippen molar-refractivity contribution in [3.8, 4) is 11.5 Å². The van der Waals surface area contributed by atoms with Gasteiger partial charge in [-0.1, -0.05) is 0 Å². The van der Waals surface area contributed by atoms with E-state index in [4.69, 9.17) is 9.47 Å². The van der Waals surface area contributed by atoms with Gasteiger partial charge < -0.3 is 9.47 Å². The fourth-order valence-corrected chi connectivity index (χ4v) is 2.30. The smallest absolute Gasteiger partial charge is 0.171 e. The molecule has 16 heavy (non-hydrogen) atoms. The highest BCUT2D eigenvalue weighted by Crippen LogP contribution is 2.40. The molecule has 0 saturated heterocycles. The lowest BCUT2D eigenvalue weighted by Gasteiger charge is -2.15. The summed E-state index contributed by atoms with van der Waals surface area (Å²) in [6.07, 6.45) is 4.00. The molecule has 3 nitrogen and oxygen atoms in total. The van der Waals surface area contributed by atoms with E-state index < -0.39 is 0 Å². The SMILES string of the molecule is CCOc1c(C=O)cc2c(c1OC)CCC2. The second kappa shape index (κ2) is 4.56. The normalized spacial score (nSPS) is 13.4. The second-order valence-electron chi connectivity index (χ2n) is 3.87. The summed E-state index contributed by atoms with van der Waals surface area (Å²) in [5.41, 5.74) is 3.03. The van der Waals surface area contributed by atoms with Crippen molar-refractivity contribution in [1.29, 1.82) is 0 Å². The number of aldehydes is 1. The first-order valence-corrected chi connectivity index (χ1v) is 5.62. The van der Waals surface area contributed by atoms with Crippen LogP contribution in [0.2, 0.25) is 0 Å². The van der Waals surface area contributed by atoms with Crippen molar-refractivity contribution in [3.63, 3.8) is 0 Å². The van der Waals surface area contributed by atoms with Crippen LogP contribution in [0, 0.1) is 0 Å². The van der Waals surface area contributed by atoms with E-state index >= 15 is 0 Å². The Bertz CT molecular complexity index is 410. The minimum atomic E-state index is 0.538. The van der Waals surface area contributed by atoms with Gasteiger partial charge in [-0.05, 0) is 37.8 Å². The average molecular weight is 220 g/mol. The number of benzene rings is 1. The van der Waals surface area contributed by atoms with Crippen molar-refractivity contribution in [3.05, 3.63) is 22.8 Å². The summed E-state index contributed by atoms with van der Waals surface area (Å²) in [5, 5.41) is 0. The van der Waals surface area contributed by atoms with Crippen LogP contribution in [0.1, 0.15) is 34.8 Å². The Kier molecular flexibility index (Phi) is 3.13. The zero-order valence-corrected chi connectivity index (χ0v) is 9.71. The Hall–Kier alpha value is -1.51. The Labute approximate surface area is 95.4 Å². The van der Waals surface area contributed by atoms with Gasteiger partial charge in [-0.25, -0.2) is 0 Å². The summed E-state index contributed by atoms with van der Waals surface area (Å²) in [6, 6.07) is 1.93. The van der Waals surface area contributed by atoms with Crippen molar-refractivity contribution in [2.75, 3.05) is 13.7 Å². The molecule has 1 aliphatic rings. The summed E-state index contributed by atoms with van der Waals surface area (Å²) in [6.45, 7) is 2.44. The topological polar surface area (TPSA) is 35.5 Å². The molecule has 3 heteroatoms. The Morgan fingerprint density at radius 3 is 2.81 bits per heavy atom. The van der Waals surface area contributed by atoms with Crippen molar-refractivity contribution in [1.82, 2.24) is 0 Å². The number of methoxy groups -OCH3 is 1. The van der Waals surface area contributed by atoms with E-state index in [1.807, 2.05) is 13.0 Å². The summed E-state index contributed by atoms with van der Waals surface area (Å²) >= 11 is 0. The average Bonchev–Trinajstić information content (AvgIpc) is 2.76. The Morgan fingerprint density at radius 2 is 2.19 bits per heavy atom. The highest BCUT2D eigenvalue weighted by molar-refractivity contribution is 5.83. The van der Waals surface area contributed by atoms with Crippen molar-refractivity contribution >= 4 is 6.29 Å². The molecule has 0 radical (unpaired) electrons. The molecule has 0 spiro atoms. The van der Waals surface area contributed by atoms with Gasteiger partial charge in [-0.3, -0.25) is 4.79 Å². The van der Waals surface area contributed by atoms with E-state index in [0.717, 1.165) is 31.3 Å². The number of fused-ring (bicyclic) bond motifs is 1. The highest BCUT2D eigenvalue weighted by atomic mass is 16.5. The van der Waals surface area contributed by atoms with E-state index in [1.165, 1.54) is 11.1 Å². The van der Waals surface area contributed by atoms with Gasteiger partial charge in [-0.2, -0.15) is 0 Å². The molecule has 0 saturated carbocycles. The van der Waals surface area contributed by atoms with Crippen LogP contribution in [-0.4, -0.2) is 20.0 Å². The van der Waals surface area contributed by atoms with Crippen LogP contribution >= 0.6 is 0 Å². The summed E-state index contributed by atoms with van der Waals surface area (Å²) in [4.78, 5) is 11.0. The summed E-state index contributed by atoms with van der Waals surface area (Å²) in [7, 11) is 1.63. The van der Waals surface area contributed by atoms with Gasteiger partial charge in [0.05, 0.1) is 19.3 Å². The van der Waals surface area contributed by atoms with Crippen molar-refractivity contribution in [2.45, 2.75) is 26.2 Å². The van der Waals surface area contributed by atoms with Crippen LogP contribution in [0.3, 0.4) is 0 Å². The first-order chi connectivity index (χ1) is 7.81. The molecule has 86 valence electrons. The minimum Gasteiger partial charge on any atom is -0.493 e. The highest BCUT2D eigenvalue weighted by Gasteiger charge is 2.22. The number of carbonyl (C=O) groups is 1. The summed E-state index contributed by atoms with van der Waals surface area (Å²) in [5.74, 6) is 1.35. The van der Waals surface area contributed by atoms with E-state index in [2.05, 4.69) is 0 Å². The molecule has 0 atom stereocenters. The van der Waals surface area contributed by atoms with Gasteiger partial charge >= 0.3 is 0 Å². The number of carbonyl (C=O) groups excluding carboxylic acids is 1. The van der Waals surface area contributed by atoms with Gasteiger partial charge in [0.1, 0.15) is 0 Å². The maximum Gasteiger partial charge on any atom is 0.171 e. The van der Waals surface area contributed by atoms with E-state index in [9.17, 15) is 4.79 Å². The van der Waals surface area contributed by atoms with Crippen molar-refractivity contribution < 1.29 is 14.3 Å². The van der Waals surface area contributed by atoms with Crippen LogP contribution in [0.25, 0.3) is 0 Å². The largest absolute Gasteiger partial charge is 0.493 e. The third-order valence-electron chi connectivity index (χ3n) is 2.95. The van der Waals surface area contributed by atoms with Crippen LogP contribution in [0.4, 0.5) is 0 Å². The molecular weight excluding hydrogens is 204 g/mol. The lowest BCUT2D eigenvalue weighted by Crippen LogP contribution is -2.02. The molecule has 0 N–H and O–H groups in total. The number of hydrogen-bond acceptors (Lipinski definition) is 3. The fraction of sp³-hybridized carbons (Fsp3) is 0.462. The lowest BCUT2D eigenvalue weighted by molar-refractivity contribution is 0.111. The van der Waals surface area contributed by atoms with Gasteiger partial charge in [0.15, 0.2) is 17.8 Å². The molecule has 1 aromatic carbocycles. The summed E-state index contributed by atoms with van der Waals surface area (Å²) < 4.78 is 10.9. The number of rotatable bonds is 4. The standard InChI is InChI=1S/C13H16O3/c1-3-16-12-10(8-14)7-9-5-4-6-11(9)13(12)15-2/h7-8H,3-6H2,1-2H3. The molecule has 0 heterocycles. The predicted molar refractivity (Wildman–Crippen MR) is 61.6 cm³/mol. The monoisotopic (exact) mass is 220 g/mol. The molecule has 0 bridgehead atoms. The Balaban J connectivity index is 2.59. The fourth-order valence-electron chi connectivity index (χ4n) is 2.30. The van der Waals surface area contributed by atoms with E-state index in [0.29, 0.717) is 17.9 Å². The predicted octanol–water partition coefficient (Wildman–Crippen LogP) is 2.40.